The third kappa shape index (κ3) is 4.95. The topological polar surface area (TPSA) is 51.2 Å². The fourth-order valence-corrected chi connectivity index (χ4v) is 4.63. The van der Waals surface area contributed by atoms with E-state index in [9.17, 15) is 13.2 Å². The molecule has 3 aromatic rings. The molecule has 0 N–H and O–H groups in total. The Balaban J connectivity index is 1.96. The van der Waals surface area contributed by atoms with Gasteiger partial charge in [0.1, 0.15) is 0 Å². The minimum atomic E-state index is -3.62. The van der Waals surface area contributed by atoms with E-state index in [1.807, 2.05) is 18.2 Å². The third-order valence-electron chi connectivity index (χ3n) is 4.78. The molecule has 0 aliphatic carbocycles. The minimum Gasteiger partial charge on any atom is -0.289 e. The average Bonchev–Trinajstić information content (AvgIpc) is 2.69. The second kappa shape index (κ2) is 8.13. The standard InChI is InChI=1S/C24H23ClO3S/c1-24(2,3)19-10-13-21(14-11-19)29(27,28)16-18-9-12-20(25)15-22(18)23(26)17-7-5-4-6-8-17/h4-15H,16H2,1-3H3. The van der Waals surface area contributed by atoms with Crippen LogP contribution in [0.3, 0.4) is 0 Å². The van der Waals surface area contributed by atoms with Gasteiger partial charge in [-0.3, -0.25) is 4.79 Å². The lowest BCUT2D eigenvalue weighted by atomic mass is 9.87. The third-order valence-corrected chi connectivity index (χ3v) is 6.69. The molecule has 0 aromatic heterocycles. The molecule has 0 aliphatic heterocycles. The van der Waals surface area contributed by atoms with Gasteiger partial charge in [0.15, 0.2) is 15.6 Å². The zero-order valence-corrected chi connectivity index (χ0v) is 18.2. The van der Waals surface area contributed by atoms with Gasteiger partial charge < -0.3 is 0 Å². The molecule has 0 bridgehead atoms. The van der Waals surface area contributed by atoms with Crippen molar-refractivity contribution in [2.24, 2.45) is 0 Å². The highest BCUT2D eigenvalue weighted by atomic mass is 35.5. The van der Waals surface area contributed by atoms with E-state index in [4.69, 9.17) is 11.6 Å². The van der Waals surface area contributed by atoms with Crippen LogP contribution in [-0.2, 0) is 21.0 Å². The second-order valence-corrected chi connectivity index (χ2v) is 10.5. The SMILES string of the molecule is CC(C)(C)c1ccc(S(=O)(=O)Cc2ccc(Cl)cc2C(=O)c2ccccc2)cc1. The number of halogens is 1. The molecule has 0 unspecified atom stereocenters. The maximum atomic E-state index is 13.0. The predicted octanol–water partition coefficient (Wildman–Crippen LogP) is 5.84. The van der Waals surface area contributed by atoms with Crippen molar-refractivity contribution in [1.82, 2.24) is 0 Å². The van der Waals surface area contributed by atoms with Crippen LogP contribution in [0.2, 0.25) is 5.02 Å². The molecule has 3 rings (SSSR count). The molecule has 3 nitrogen and oxygen atoms in total. The van der Waals surface area contributed by atoms with Crippen LogP contribution < -0.4 is 0 Å². The summed E-state index contributed by atoms with van der Waals surface area (Å²) in [5.74, 6) is -0.520. The van der Waals surface area contributed by atoms with E-state index in [-0.39, 0.29) is 21.8 Å². The van der Waals surface area contributed by atoms with Crippen molar-refractivity contribution in [1.29, 1.82) is 0 Å². The lowest BCUT2D eigenvalue weighted by molar-refractivity contribution is 0.103. The number of ketones is 1. The van der Waals surface area contributed by atoms with Crippen LogP contribution in [0, 0.1) is 0 Å². The summed E-state index contributed by atoms with van der Waals surface area (Å²) in [5.41, 5.74) is 2.22. The molecule has 3 aromatic carbocycles. The number of hydrogen-bond acceptors (Lipinski definition) is 3. The van der Waals surface area contributed by atoms with Gasteiger partial charge in [-0.15, -0.1) is 0 Å². The summed E-state index contributed by atoms with van der Waals surface area (Å²) in [4.78, 5) is 13.2. The predicted molar refractivity (Wildman–Crippen MR) is 117 cm³/mol. The fraction of sp³-hybridized carbons (Fsp3) is 0.208. The first-order chi connectivity index (χ1) is 13.6. The van der Waals surface area contributed by atoms with Crippen molar-refractivity contribution in [2.45, 2.75) is 36.8 Å². The van der Waals surface area contributed by atoms with E-state index in [0.29, 0.717) is 21.7 Å². The molecule has 5 heteroatoms. The summed E-state index contributed by atoms with van der Waals surface area (Å²) in [5, 5.41) is 0.389. The van der Waals surface area contributed by atoms with E-state index in [1.165, 1.54) is 6.07 Å². The molecule has 0 amide bonds. The van der Waals surface area contributed by atoms with Crippen molar-refractivity contribution in [3.63, 3.8) is 0 Å². The summed E-state index contributed by atoms with van der Waals surface area (Å²) < 4.78 is 26.0. The van der Waals surface area contributed by atoms with E-state index >= 15 is 0 Å². The highest BCUT2D eigenvalue weighted by Crippen LogP contribution is 2.27. The smallest absolute Gasteiger partial charge is 0.193 e. The Bertz CT molecular complexity index is 1130. The Kier molecular flexibility index (Phi) is 5.97. The van der Waals surface area contributed by atoms with Gasteiger partial charge >= 0.3 is 0 Å². The lowest BCUT2D eigenvalue weighted by Crippen LogP contribution is -2.13. The molecule has 0 heterocycles. The number of carbonyl (C=O) groups excluding carboxylic acids is 1. The Hall–Kier alpha value is -2.43. The van der Waals surface area contributed by atoms with Gasteiger partial charge in [-0.25, -0.2) is 8.42 Å². The van der Waals surface area contributed by atoms with Crippen LogP contribution in [-0.4, -0.2) is 14.2 Å². The number of hydrogen-bond donors (Lipinski definition) is 0. The van der Waals surface area contributed by atoms with Gasteiger partial charge in [0.2, 0.25) is 0 Å². The highest BCUT2D eigenvalue weighted by molar-refractivity contribution is 7.90. The molecule has 0 saturated carbocycles. The summed E-state index contributed by atoms with van der Waals surface area (Å²) in [6.45, 7) is 6.23. The van der Waals surface area contributed by atoms with E-state index < -0.39 is 9.84 Å². The van der Waals surface area contributed by atoms with Crippen molar-refractivity contribution in [3.05, 3.63) is 100 Å². The quantitative estimate of drug-likeness (QED) is 0.481. The van der Waals surface area contributed by atoms with Gasteiger partial charge in [-0.05, 0) is 40.8 Å². The summed E-state index contributed by atoms with van der Waals surface area (Å²) in [6, 6.07) is 20.4. The first-order valence-corrected chi connectivity index (χ1v) is 11.3. The molecule has 29 heavy (non-hydrogen) atoms. The molecule has 0 atom stereocenters. The van der Waals surface area contributed by atoms with E-state index in [1.54, 1.807) is 48.5 Å². The monoisotopic (exact) mass is 426 g/mol. The zero-order chi connectivity index (χ0) is 21.2. The summed E-state index contributed by atoms with van der Waals surface area (Å²) >= 11 is 6.10. The zero-order valence-electron chi connectivity index (χ0n) is 16.6. The Morgan fingerprint density at radius 3 is 2.10 bits per heavy atom. The van der Waals surface area contributed by atoms with Crippen LogP contribution in [0.25, 0.3) is 0 Å². The Morgan fingerprint density at radius 1 is 0.897 bits per heavy atom. The highest BCUT2D eigenvalue weighted by Gasteiger charge is 2.22. The number of carbonyl (C=O) groups is 1. The average molecular weight is 427 g/mol. The lowest BCUT2D eigenvalue weighted by Gasteiger charge is -2.19. The molecule has 0 aliphatic rings. The van der Waals surface area contributed by atoms with Gasteiger partial charge in [0, 0.05) is 16.1 Å². The first-order valence-electron chi connectivity index (χ1n) is 9.29. The Labute approximate surface area is 177 Å². The normalized spacial score (nSPS) is 12.0. The van der Waals surface area contributed by atoms with Gasteiger partial charge in [-0.1, -0.05) is 80.9 Å². The van der Waals surface area contributed by atoms with Crippen molar-refractivity contribution < 1.29 is 13.2 Å². The molecule has 150 valence electrons. The molecule has 0 saturated heterocycles. The largest absolute Gasteiger partial charge is 0.289 e. The molecular weight excluding hydrogens is 404 g/mol. The number of rotatable bonds is 5. The molecule has 0 spiro atoms. The van der Waals surface area contributed by atoms with Crippen molar-refractivity contribution >= 4 is 27.2 Å². The van der Waals surface area contributed by atoms with Crippen LogP contribution in [0.1, 0.15) is 47.8 Å². The van der Waals surface area contributed by atoms with Gasteiger partial charge in [0.05, 0.1) is 10.6 Å². The van der Waals surface area contributed by atoms with Gasteiger partial charge in [0.25, 0.3) is 0 Å². The molecular formula is C24H23ClO3S. The summed E-state index contributed by atoms with van der Waals surface area (Å²) in [7, 11) is -3.62. The maximum Gasteiger partial charge on any atom is 0.193 e. The maximum absolute atomic E-state index is 13.0. The fourth-order valence-electron chi connectivity index (χ4n) is 3.08. The van der Waals surface area contributed by atoms with E-state index in [0.717, 1.165) is 5.56 Å². The Morgan fingerprint density at radius 2 is 1.52 bits per heavy atom. The second-order valence-electron chi connectivity index (χ2n) is 8.03. The van der Waals surface area contributed by atoms with Crippen LogP contribution in [0.5, 0.6) is 0 Å². The summed E-state index contributed by atoms with van der Waals surface area (Å²) in [6.07, 6.45) is 0. The number of sulfone groups is 1. The van der Waals surface area contributed by atoms with Crippen LogP contribution in [0.4, 0.5) is 0 Å². The molecule has 0 radical (unpaired) electrons. The van der Waals surface area contributed by atoms with Gasteiger partial charge in [-0.2, -0.15) is 0 Å². The molecule has 0 fully saturated rings. The van der Waals surface area contributed by atoms with E-state index in [2.05, 4.69) is 20.8 Å². The van der Waals surface area contributed by atoms with Crippen molar-refractivity contribution in [3.8, 4) is 0 Å². The first kappa shape index (κ1) is 21.3. The van der Waals surface area contributed by atoms with Crippen molar-refractivity contribution in [2.75, 3.05) is 0 Å². The van der Waals surface area contributed by atoms with Crippen LogP contribution >= 0.6 is 11.6 Å². The minimum absolute atomic E-state index is 0.0618. The number of benzene rings is 3. The van der Waals surface area contributed by atoms with Crippen LogP contribution in [0.15, 0.2) is 77.7 Å².